The first kappa shape index (κ1) is 14.2. The van der Waals surface area contributed by atoms with E-state index in [0.29, 0.717) is 4.88 Å². The SMILES string of the molecule is Cl.O=C(NC1CCNC1)c1cc2cc(F)ccc2s1. The predicted octanol–water partition coefficient (Wildman–Crippen LogP) is 2.55. The highest BCUT2D eigenvalue weighted by Gasteiger charge is 2.18. The topological polar surface area (TPSA) is 41.1 Å². The monoisotopic (exact) mass is 300 g/mol. The van der Waals surface area contributed by atoms with E-state index in [1.165, 1.54) is 23.5 Å². The molecule has 6 heteroatoms. The summed E-state index contributed by atoms with van der Waals surface area (Å²) in [6.45, 7) is 1.77. The van der Waals surface area contributed by atoms with Gasteiger partial charge in [-0.25, -0.2) is 4.39 Å². The van der Waals surface area contributed by atoms with Gasteiger partial charge in [-0.3, -0.25) is 4.79 Å². The summed E-state index contributed by atoms with van der Waals surface area (Å²) in [5.41, 5.74) is 0. The van der Waals surface area contributed by atoms with Gasteiger partial charge in [0.1, 0.15) is 5.82 Å². The van der Waals surface area contributed by atoms with Crippen molar-refractivity contribution in [3.05, 3.63) is 35.0 Å². The molecule has 1 fully saturated rings. The summed E-state index contributed by atoms with van der Waals surface area (Å²) >= 11 is 1.40. The smallest absolute Gasteiger partial charge is 0.261 e. The molecule has 0 bridgehead atoms. The molecule has 1 aliphatic rings. The minimum Gasteiger partial charge on any atom is -0.347 e. The van der Waals surface area contributed by atoms with Crippen LogP contribution in [0.15, 0.2) is 24.3 Å². The molecule has 19 heavy (non-hydrogen) atoms. The van der Waals surface area contributed by atoms with Crippen LogP contribution in [0, 0.1) is 5.82 Å². The zero-order valence-electron chi connectivity index (χ0n) is 10.1. The number of carbonyl (C=O) groups is 1. The van der Waals surface area contributed by atoms with Crippen molar-refractivity contribution in [1.29, 1.82) is 0 Å². The van der Waals surface area contributed by atoms with E-state index in [1.807, 2.05) is 0 Å². The second-order valence-corrected chi connectivity index (χ2v) is 5.54. The highest BCUT2D eigenvalue weighted by Crippen LogP contribution is 2.26. The quantitative estimate of drug-likeness (QED) is 0.895. The number of carbonyl (C=O) groups excluding carboxylic acids is 1. The van der Waals surface area contributed by atoms with Crippen molar-refractivity contribution in [2.24, 2.45) is 0 Å². The summed E-state index contributed by atoms with van der Waals surface area (Å²) in [5.74, 6) is -0.336. The van der Waals surface area contributed by atoms with Crippen LogP contribution in [0.3, 0.4) is 0 Å². The zero-order valence-corrected chi connectivity index (χ0v) is 11.7. The lowest BCUT2D eigenvalue weighted by molar-refractivity contribution is 0.0944. The molecule has 1 amide bonds. The number of hydrogen-bond donors (Lipinski definition) is 2. The van der Waals surface area contributed by atoms with E-state index in [1.54, 1.807) is 12.1 Å². The molecule has 1 saturated heterocycles. The zero-order chi connectivity index (χ0) is 12.5. The maximum Gasteiger partial charge on any atom is 0.261 e. The summed E-state index contributed by atoms with van der Waals surface area (Å²) in [6, 6.07) is 6.55. The summed E-state index contributed by atoms with van der Waals surface area (Å²) in [6.07, 6.45) is 0.964. The third kappa shape index (κ3) is 3.05. The molecule has 2 heterocycles. The van der Waals surface area contributed by atoms with E-state index >= 15 is 0 Å². The number of thiophene rings is 1. The maximum absolute atomic E-state index is 13.1. The first-order valence-electron chi connectivity index (χ1n) is 5.93. The van der Waals surface area contributed by atoms with Crippen molar-refractivity contribution in [3.8, 4) is 0 Å². The molecular weight excluding hydrogens is 287 g/mol. The molecule has 102 valence electrons. The molecule has 0 saturated carbocycles. The van der Waals surface area contributed by atoms with E-state index in [0.717, 1.165) is 29.6 Å². The minimum atomic E-state index is -0.271. The third-order valence-electron chi connectivity index (χ3n) is 3.10. The van der Waals surface area contributed by atoms with Crippen molar-refractivity contribution < 1.29 is 9.18 Å². The van der Waals surface area contributed by atoms with Crippen LogP contribution in [-0.2, 0) is 0 Å². The van der Waals surface area contributed by atoms with Crippen molar-refractivity contribution in [3.63, 3.8) is 0 Å². The van der Waals surface area contributed by atoms with Gasteiger partial charge in [-0.2, -0.15) is 0 Å². The number of halogens is 2. The molecule has 0 radical (unpaired) electrons. The molecule has 2 aromatic rings. The second-order valence-electron chi connectivity index (χ2n) is 4.46. The average Bonchev–Trinajstić information content (AvgIpc) is 2.96. The predicted molar refractivity (Wildman–Crippen MR) is 77.8 cm³/mol. The molecule has 1 aromatic carbocycles. The highest BCUT2D eigenvalue weighted by molar-refractivity contribution is 7.20. The number of benzene rings is 1. The van der Waals surface area contributed by atoms with Crippen molar-refractivity contribution in [2.45, 2.75) is 12.5 Å². The molecule has 1 aromatic heterocycles. The average molecular weight is 301 g/mol. The lowest BCUT2D eigenvalue weighted by Gasteiger charge is -2.09. The van der Waals surface area contributed by atoms with E-state index in [2.05, 4.69) is 10.6 Å². The van der Waals surface area contributed by atoms with E-state index in [9.17, 15) is 9.18 Å². The Hall–Kier alpha value is -1.17. The summed E-state index contributed by atoms with van der Waals surface area (Å²) in [4.78, 5) is 12.7. The fourth-order valence-corrected chi connectivity index (χ4v) is 3.11. The Labute approximate surface area is 120 Å². The Kier molecular flexibility index (Phi) is 4.39. The van der Waals surface area contributed by atoms with Crippen LogP contribution in [0.4, 0.5) is 4.39 Å². The van der Waals surface area contributed by atoms with Gasteiger partial charge >= 0.3 is 0 Å². The van der Waals surface area contributed by atoms with Gasteiger partial charge in [-0.15, -0.1) is 23.7 Å². The Balaban J connectivity index is 0.00000133. The molecule has 1 aliphatic heterocycles. The van der Waals surface area contributed by atoms with Crippen molar-refractivity contribution in [2.75, 3.05) is 13.1 Å². The van der Waals surface area contributed by atoms with Crippen LogP contribution in [0.1, 0.15) is 16.1 Å². The fraction of sp³-hybridized carbons (Fsp3) is 0.308. The van der Waals surface area contributed by atoms with Crippen molar-refractivity contribution >= 4 is 39.7 Å². The van der Waals surface area contributed by atoms with Gasteiger partial charge in [-0.05, 0) is 42.6 Å². The number of amides is 1. The molecule has 1 unspecified atom stereocenters. The number of nitrogens with one attached hydrogen (secondary N) is 2. The Morgan fingerprint density at radius 1 is 1.42 bits per heavy atom. The summed E-state index contributed by atoms with van der Waals surface area (Å²) < 4.78 is 14.0. The largest absolute Gasteiger partial charge is 0.347 e. The van der Waals surface area contributed by atoms with Crippen LogP contribution in [0.5, 0.6) is 0 Å². The third-order valence-corrected chi connectivity index (χ3v) is 4.21. The first-order chi connectivity index (χ1) is 8.72. The van der Waals surface area contributed by atoms with Crippen LogP contribution in [-0.4, -0.2) is 25.0 Å². The van der Waals surface area contributed by atoms with Gasteiger partial charge in [0.25, 0.3) is 5.91 Å². The van der Waals surface area contributed by atoms with Crippen LogP contribution in [0.2, 0.25) is 0 Å². The first-order valence-corrected chi connectivity index (χ1v) is 6.75. The minimum absolute atomic E-state index is 0. The van der Waals surface area contributed by atoms with Gasteiger partial charge < -0.3 is 10.6 Å². The van der Waals surface area contributed by atoms with E-state index in [4.69, 9.17) is 0 Å². The van der Waals surface area contributed by atoms with Crippen LogP contribution < -0.4 is 10.6 Å². The fourth-order valence-electron chi connectivity index (χ4n) is 2.16. The van der Waals surface area contributed by atoms with E-state index < -0.39 is 0 Å². The van der Waals surface area contributed by atoms with Crippen LogP contribution >= 0.6 is 23.7 Å². The standard InChI is InChI=1S/C13H13FN2OS.ClH/c14-9-1-2-11-8(5-9)6-12(18-11)13(17)16-10-3-4-15-7-10;/h1-2,5-6,10,15H,3-4,7H2,(H,16,17);1H. The molecule has 3 nitrogen and oxygen atoms in total. The normalized spacial score (nSPS) is 18.3. The lowest BCUT2D eigenvalue weighted by Crippen LogP contribution is -2.35. The van der Waals surface area contributed by atoms with Gasteiger partial charge in [0, 0.05) is 17.3 Å². The molecule has 1 atom stereocenters. The molecule has 3 rings (SSSR count). The molecule has 0 aliphatic carbocycles. The molecular formula is C13H14ClFN2OS. The van der Waals surface area contributed by atoms with E-state index in [-0.39, 0.29) is 30.2 Å². The van der Waals surface area contributed by atoms with Gasteiger partial charge in [-0.1, -0.05) is 0 Å². The van der Waals surface area contributed by atoms with Crippen molar-refractivity contribution in [1.82, 2.24) is 10.6 Å². The van der Waals surface area contributed by atoms with Gasteiger partial charge in [0.2, 0.25) is 0 Å². The Morgan fingerprint density at radius 3 is 3.00 bits per heavy atom. The lowest BCUT2D eigenvalue weighted by atomic mass is 10.2. The number of hydrogen-bond acceptors (Lipinski definition) is 3. The Bertz CT molecular complexity index is 595. The molecule has 0 spiro atoms. The number of rotatable bonds is 2. The maximum atomic E-state index is 13.1. The molecule has 2 N–H and O–H groups in total. The highest BCUT2D eigenvalue weighted by atomic mass is 35.5. The van der Waals surface area contributed by atoms with Gasteiger partial charge in [0.05, 0.1) is 4.88 Å². The second kappa shape index (κ2) is 5.86. The van der Waals surface area contributed by atoms with Crippen LogP contribution in [0.25, 0.3) is 10.1 Å². The Morgan fingerprint density at radius 2 is 2.26 bits per heavy atom. The summed E-state index contributed by atoms with van der Waals surface area (Å²) in [7, 11) is 0. The van der Waals surface area contributed by atoms with Gasteiger partial charge in [0.15, 0.2) is 0 Å². The number of fused-ring (bicyclic) bond motifs is 1. The summed E-state index contributed by atoms with van der Waals surface area (Å²) in [5, 5.41) is 6.98.